The van der Waals surface area contributed by atoms with Crippen molar-refractivity contribution in [2.24, 2.45) is 0 Å². The zero-order valence-corrected chi connectivity index (χ0v) is 14.8. The minimum Gasteiger partial charge on any atom is -0.322 e. The first-order valence-electron chi connectivity index (χ1n) is 8.58. The Morgan fingerprint density at radius 1 is 0.960 bits per heavy atom. The Kier molecular flexibility index (Phi) is 4.68. The molecule has 1 aliphatic heterocycles. The number of rotatable bonds is 3. The van der Waals surface area contributed by atoms with E-state index >= 15 is 0 Å². The Hall–Kier alpha value is -2.37. The number of hydrogen-bond acceptors (Lipinski definition) is 3. The molecule has 1 fully saturated rings. The van der Waals surface area contributed by atoms with E-state index in [0.717, 1.165) is 38.4 Å². The number of hydrogen-bond donors (Lipinski definition) is 1. The van der Waals surface area contributed by atoms with Crippen molar-refractivity contribution in [3.8, 4) is 0 Å². The van der Waals surface area contributed by atoms with Crippen molar-refractivity contribution in [2.45, 2.75) is 6.54 Å². The molecule has 5 heteroatoms. The van der Waals surface area contributed by atoms with E-state index in [1.165, 1.54) is 15.6 Å². The SMILES string of the molecule is O=C(Nc1ccccc1)N1CCN(Cc2csc3ccccc23)CC1. The number of carbonyl (C=O) groups excluding carboxylic acids is 1. The van der Waals surface area contributed by atoms with Gasteiger partial charge in [-0.25, -0.2) is 4.79 Å². The lowest BCUT2D eigenvalue weighted by molar-refractivity contribution is 0.143. The van der Waals surface area contributed by atoms with Crippen molar-refractivity contribution >= 4 is 33.1 Å². The van der Waals surface area contributed by atoms with Crippen LogP contribution >= 0.6 is 11.3 Å². The van der Waals surface area contributed by atoms with Crippen LogP contribution in [0.5, 0.6) is 0 Å². The van der Waals surface area contributed by atoms with Gasteiger partial charge in [-0.15, -0.1) is 11.3 Å². The Bertz CT molecular complexity index is 854. The van der Waals surface area contributed by atoms with Crippen molar-refractivity contribution < 1.29 is 4.79 Å². The second-order valence-electron chi connectivity index (χ2n) is 6.32. The zero-order chi connectivity index (χ0) is 17.1. The third-order valence-electron chi connectivity index (χ3n) is 4.64. The second kappa shape index (κ2) is 7.25. The summed E-state index contributed by atoms with van der Waals surface area (Å²) >= 11 is 1.81. The molecule has 1 aromatic heterocycles. The number of nitrogens with one attached hydrogen (secondary N) is 1. The van der Waals surface area contributed by atoms with E-state index in [1.807, 2.05) is 46.6 Å². The van der Waals surface area contributed by atoms with Crippen LogP contribution in [0.2, 0.25) is 0 Å². The number of anilines is 1. The largest absolute Gasteiger partial charge is 0.322 e. The van der Waals surface area contributed by atoms with Crippen LogP contribution < -0.4 is 5.32 Å². The van der Waals surface area contributed by atoms with Gasteiger partial charge in [0.2, 0.25) is 0 Å². The first-order chi connectivity index (χ1) is 12.3. The Morgan fingerprint density at radius 3 is 2.48 bits per heavy atom. The van der Waals surface area contributed by atoms with Gasteiger partial charge in [-0.1, -0.05) is 36.4 Å². The molecular formula is C20H21N3OS. The van der Waals surface area contributed by atoms with Gasteiger partial charge in [0, 0.05) is 43.1 Å². The maximum atomic E-state index is 12.4. The molecule has 4 rings (SSSR count). The fraction of sp³-hybridized carbons (Fsp3) is 0.250. The molecule has 4 nitrogen and oxygen atoms in total. The quantitative estimate of drug-likeness (QED) is 0.766. The Labute approximate surface area is 151 Å². The minimum atomic E-state index is -0.00756. The lowest BCUT2D eigenvalue weighted by Crippen LogP contribution is -2.49. The summed E-state index contributed by atoms with van der Waals surface area (Å²) in [5.74, 6) is 0. The van der Waals surface area contributed by atoms with E-state index in [2.05, 4.69) is 39.9 Å². The molecular weight excluding hydrogens is 330 g/mol. The van der Waals surface area contributed by atoms with Crippen molar-refractivity contribution in [1.82, 2.24) is 9.80 Å². The van der Waals surface area contributed by atoms with Gasteiger partial charge in [0.1, 0.15) is 0 Å². The molecule has 0 saturated carbocycles. The van der Waals surface area contributed by atoms with Gasteiger partial charge in [0.05, 0.1) is 0 Å². The summed E-state index contributed by atoms with van der Waals surface area (Å²) in [6, 6.07) is 18.2. The molecule has 2 heterocycles. The van der Waals surface area contributed by atoms with Gasteiger partial charge in [-0.3, -0.25) is 4.90 Å². The maximum absolute atomic E-state index is 12.4. The van der Waals surface area contributed by atoms with E-state index in [9.17, 15) is 4.79 Å². The normalized spacial score (nSPS) is 15.4. The molecule has 2 aromatic carbocycles. The molecule has 3 aromatic rings. The van der Waals surface area contributed by atoms with E-state index in [1.54, 1.807) is 0 Å². The second-order valence-corrected chi connectivity index (χ2v) is 7.23. The highest BCUT2D eigenvalue weighted by Crippen LogP contribution is 2.27. The minimum absolute atomic E-state index is 0.00756. The number of carbonyl (C=O) groups is 1. The molecule has 0 radical (unpaired) electrons. The summed E-state index contributed by atoms with van der Waals surface area (Å²) < 4.78 is 1.35. The van der Waals surface area contributed by atoms with Gasteiger partial charge < -0.3 is 10.2 Å². The van der Waals surface area contributed by atoms with Crippen LogP contribution in [0, 0.1) is 0 Å². The van der Waals surface area contributed by atoms with Crippen molar-refractivity contribution in [3.05, 3.63) is 65.5 Å². The molecule has 25 heavy (non-hydrogen) atoms. The molecule has 2 amide bonds. The fourth-order valence-corrected chi connectivity index (χ4v) is 4.18. The fourth-order valence-electron chi connectivity index (χ4n) is 3.23. The van der Waals surface area contributed by atoms with Crippen LogP contribution in [-0.2, 0) is 6.54 Å². The highest BCUT2D eigenvalue weighted by Gasteiger charge is 2.21. The van der Waals surface area contributed by atoms with Crippen LogP contribution in [0.3, 0.4) is 0 Å². The van der Waals surface area contributed by atoms with Gasteiger partial charge >= 0.3 is 6.03 Å². The zero-order valence-electron chi connectivity index (χ0n) is 14.0. The van der Waals surface area contributed by atoms with Crippen LogP contribution in [0.15, 0.2) is 60.0 Å². The third kappa shape index (κ3) is 3.67. The molecule has 1 aliphatic rings. The van der Waals surface area contributed by atoms with E-state index in [4.69, 9.17) is 0 Å². The summed E-state index contributed by atoms with van der Waals surface area (Å²) in [6.45, 7) is 4.30. The van der Waals surface area contributed by atoms with Crippen molar-refractivity contribution in [2.75, 3.05) is 31.5 Å². The van der Waals surface area contributed by atoms with Crippen LogP contribution in [-0.4, -0.2) is 42.0 Å². The number of urea groups is 1. The predicted octanol–water partition coefficient (Wildman–Crippen LogP) is 4.25. The molecule has 128 valence electrons. The molecule has 0 spiro atoms. The lowest BCUT2D eigenvalue weighted by Gasteiger charge is -2.34. The number of thiophene rings is 1. The average molecular weight is 351 g/mol. The summed E-state index contributed by atoms with van der Waals surface area (Å²) in [5, 5.41) is 6.59. The number of para-hydroxylation sites is 1. The Balaban J connectivity index is 1.33. The van der Waals surface area contributed by atoms with Gasteiger partial charge in [0.25, 0.3) is 0 Å². The summed E-state index contributed by atoms with van der Waals surface area (Å²) in [6.07, 6.45) is 0. The molecule has 0 atom stereocenters. The monoisotopic (exact) mass is 351 g/mol. The van der Waals surface area contributed by atoms with Crippen molar-refractivity contribution in [3.63, 3.8) is 0 Å². The highest BCUT2D eigenvalue weighted by atomic mass is 32.1. The first-order valence-corrected chi connectivity index (χ1v) is 9.46. The molecule has 0 bridgehead atoms. The topological polar surface area (TPSA) is 35.6 Å². The lowest BCUT2D eigenvalue weighted by atomic mass is 10.1. The van der Waals surface area contributed by atoms with Gasteiger partial charge in [-0.05, 0) is 34.5 Å². The van der Waals surface area contributed by atoms with Gasteiger partial charge in [0.15, 0.2) is 0 Å². The number of amides is 2. The standard InChI is InChI=1S/C20H21N3OS/c24-20(21-17-6-2-1-3-7-17)23-12-10-22(11-13-23)14-16-15-25-19-9-5-4-8-18(16)19/h1-9,15H,10-14H2,(H,21,24). The molecule has 0 aliphatic carbocycles. The smallest absolute Gasteiger partial charge is 0.321 e. The number of nitrogens with zero attached hydrogens (tertiary/aromatic N) is 2. The molecule has 1 saturated heterocycles. The van der Waals surface area contributed by atoms with Crippen LogP contribution in [0.4, 0.5) is 10.5 Å². The summed E-state index contributed by atoms with van der Waals surface area (Å²) in [5.41, 5.74) is 2.24. The Morgan fingerprint density at radius 2 is 1.68 bits per heavy atom. The van der Waals surface area contributed by atoms with Crippen molar-refractivity contribution in [1.29, 1.82) is 0 Å². The van der Waals surface area contributed by atoms with E-state index < -0.39 is 0 Å². The number of benzene rings is 2. The number of fused-ring (bicyclic) bond motifs is 1. The van der Waals surface area contributed by atoms with E-state index in [-0.39, 0.29) is 6.03 Å². The predicted molar refractivity (Wildman–Crippen MR) is 104 cm³/mol. The van der Waals surface area contributed by atoms with E-state index in [0.29, 0.717) is 0 Å². The summed E-state index contributed by atoms with van der Waals surface area (Å²) in [4.78, 5) is 16.7. The first kappa shape index (κ1) is 16.1. The highest BCUT2D eigenvalue weighted by molar-refractivity contribution is 7.17. The molecule has 1 N–H and O–H groups in total. The number of piperazine rings is 1. The maximum Gasteiger partial charge on any atom is 0.321 e. The average Bonchev–Trinajstić information content (AvgIpc) is 3.06. The van der Waals surface area contributed by atoms with Crippen LogP contribution in [0.25, 0.3) is 10.1 Å². The third-order valence-corrected chi connectivity index (χ3v) is 5.65. The summed E-state index contributed by atoms with van der Waals surface area (Å²) in [7, 11) is 0. The van der Waals surface area contributed by atoms with Crippen LogP contribution in [0.1, 0.15) is 5.56 Å². The molecule has 0 unspecified atom stereocenters. The van der Waals surface area contributed by atoms with Gasteiger partial charge in [-0.2, -0.15) is 0 Å².